The molecule has 0 amide bonds. The molecule has 2 rings (SSSR count). The van der Waals surface area contributed by atoms with Crippen LogP contribution < -0.4 is 9.79 Å². The molecule has 6 heteroatoms. The number of benzene rings is 1. The summed E-state index contributed by atoms with van der Waals surface area (Å²) in [5, 5.41) is 0. The molecule has 0 aliphatic carbocycles. The molecule has 1 aromatic rings. The summed E-state index contributed by atoms with van der Waals surface area (Å²) in [5.41, 5.74) is 1.32. The zero-order chi connectivity index (χ0) is 24.3. The van der Waals surface area contributed by atoms with Gasteiger partial charge in [-0.25, -0.2) is 0 Å². The smallest absolute Gasteiger partial charge is 0.268 e. The van der Waals surface area contributed by atoms with Crippen LogP contribution in [-0.2, 0) is 20.2 Å². The molecule has 1 heterocycles. The Balaban J connectivity index is 1.39. The maximum absolute atomic E-state index is 12.2. The number of likely N-dealkylation sites (tertiary alicyclic amines) is 1. The normalized spacial score (nSPS) is 20.3. The monoisotopic (exact) mass is 495 g/mol. The van der Waals surface area contributed by atoms with Crippen molar-refractivity contribution in [2.75, 3.05) is 19.7 Å². The van der Waals surface area contributed by atoms with Gasteiger partial charge in [-0.3, -0.25) is 4.57 Å². The summed E-state index contributed by atoms with van der Waals surface area (Å²) < 4.78 is 22.7. The van der Waals surface area contributed by atoms with Crippen molar-refractivity contribution < 1.29 is 23.4 Å². The summed E-state index contributed by atoms with van der Waals surface area (Å²) in [6.45, 7) is 5.36. The molecule has 0 aromatic heterocycles. The molecule has 0 saturated carbocycles. The standard InChI is InChI=1S/C28H50NO4P/c1-2-3-4-5-6-7-8-9-10-11-12-13-14-18-25-32-34(30,31)33-28-21-23-29(24-22-28)26-27-19-16-15-17-20-27/h15-17,19-20,28H,2-14,18,21-26H2,1H3,(H,30,31). The number of rotatable bonds is 20. The lowest BCUT2D eigenvalue weighted by Gasteiger charge is -2.33. The molecule has 1 aliphatic rings. The van der Waals surface area contributed by atoms with Crippen molar-refractivity contribution >= 4 is 7.82 Å². The van der Waals surface area contributed by atoms with Gasteiger partial charge in [-0.05, 0) is 6.42 Å². The number of hydrogen-bond donors (Lipinski definition) is 1. The molecule has 0 radical (unpaired) electrons. The molecule has 0 spiro atoms. The van der Waals surface area contributed by atoms with E-state index in [4.69, 9.17) is 9.05 Å². The van der Waals surface area contributed by atoms with Crippen LogP contribution in [-0.4, -0.2) is 25.8 Å². The predicted molar refractivity (Wildman–Crippen MR) is 139 cm³/mol. The SMILES string of the molecule is CCCCCCCCCCCCCCCCOP(=O)([O-])OC1CC[NH+](Cc2ccccc2)CC1. The van der Waals surface area contributed by atoms with Crippen LogP contribution in [0.2, 0.25) is 0 Å². The molecular weight excluding hydrogens is 445 g/mol. The highest BCUT2D eigenvalue weighted by atomic mass is 31.2. The quantitative estimate of drug-likeness (QED) is 0.172. The van der Waals surface area contributed by atoms with E-state index < -0.39 is 7.82 Å². The Morgan fingerprint density at radius 2 is 1.32 bits per heavy atom. The van der Waals surface area contributed by atoms with Crippen LogP contribution in [0.3, 0.4) is 0 Å². The van der Waals surface area contributed by atoms with Crippen LogP contribution in [0.5, 0.6) is 0 Å². The Morgan fingerprint density at radius 1 is 0.824 bits per heavy atom. The zero-order valence-corrected chi connectivity index (χ0v) is 22.6. The van der Waals surface area contributed by atoms with Crippen LogP contribution in [0.1, 0.15) is 115 Å². The Morgan fingerprint density at radius 3 is 1.85 bits per heavy atom. The molecule has 1 aromatic carbocycles. The number of piperidine rings is 1. The lowest BCUT2D eigenvalue weighted by molar-refractivity contribution is -0.919. The van der Waals surface area contributed by atoms with Gasteiger partial charge in [0, 0.05) is 18.4 Å². The van der Waals surface area contributed by atoms with E-state index in [1.807, 2.05) is 6.07 Å². The third kappa shape index (κ3) is 14.6. The van der Waals surface area contributed by atoms with Crippen LogP contribution in [0.4, 0.5) is 0 Å². The van der Waals surface area contributed by atoms with E-state index in [1.54, 1.807) is 0 Å². The van der Waals surface area contributed by atoms with Crippen molar-refractivity contribution in [3.63, 3.8) is 0 Å². The summed E-state index contributed by atoms with van der Waals surface area (Å²) in [6, 6.07) is 10.4. The molecule has 196 valence electrons. The fourth-order valence-electron chi connectivity index (χ4n) is 4.85. The topological polar surface area (TPSA) is 63.0 Å². The highest BCUT2D eigenvalue weighted by molar-refractivity contribution is 7.45. The van der Waals surface area contributed by atoms with Crippen molar-refractivity contribution in [2.45, 2.75) is 122 Å². The van der Waals surface area contributed by atoms with E-state index in [0.717, 1.165) is 51.7 Å². The number of phosphoric acid groups is 1. The van der Waals surface area contributed by atoms with Crippen molar-refractivity contribution in [3.8, 4) is 0 Å². The molecule has 0 bridgehead atoms. The first kappa shape index (κ1) is 29.5. The maximum Gasteiger partial charge on any atom is 0.268 e. The van der Waals surface area contributed by atoms with Gasteiger partial charge in [0.2, 0.25) is 0 Å². The minimum Gasteiger partial charge on any atom is -0.756 e. The second-order valence-corrected chi connectivity index (χ2v) is 11.5. The first-order chi connectivity index (χ1) is 16.6. The number of nitrogens with one attached hydrogen (secondary N) is 1. The Hall–Kier alpha value is -0.710. The highest BCUT2D eigenvalue weighted by Gasteiger charge is 2.26. The fourth-order valence-corrected chi connectivity index (χ4v) is 5.84. The zero-order valence-electron chi connectivity index (χ0n) is 21.7. The van der Waals surface area contributed by atoms with Gasteiger partial charge in [-0.15, -0.1) is 0 Å². The van der Waals surface area contributed by atoms with Crippen LogP contribution in [0, 0.1) is 0 Å². The van der Waals surface area contributed by atoms with Crippen molar-refractivity contribution in [1.82, 2.24) is 0 Å². The van der Waals surface area contributed by atoms with Gasteiger partial charge in [0.15, 0.2) is 0 Å². The maximum atomic E-state index is 12.2. The number of hydrogen-bond acceptors (Lipinski definition) is 4. The molecule has 1 aliphatic heterocycles. The van der Waals surface area contributed by atoms with Crippen LogP contribution >= 0.6 is 7.82 Å². The summed E-state index contributed by atoms with van der Waals surface area (Å²) >= 11 is 0. The van der Waals surface area contributed by atoms with Gasteiger partial charge in [-0.2, -0.15) is 0 Å². The van der Waals surface area contributed by atoms with Gasteiger partial charge in [0.1, 0.15) is 6.54 Å². The van der Waals surface area contributed by atoms with Crippen molar-refractivity contribution in [2.24, 2.45) is 0 Å². The molecule has 1 fully saturated rings. The van der Waals surface area contributed by atoms with Gasteiger partial charge in [0.25, 0.3) is 7.82 Å². The predicted octanol–water partition coefficient (Wildman–Crippen LogP) is 6.22. The molecule has 1 N–H and O–H groups in total. The lowest BCUT2D eigenvalue weighted by atomic mass is 10.0. The summed E-state index contributed by atoms with van der Waals surface area (Å²) in [5.74, 6) is 0. The third-order valence-electron chi connectivity index (χ3n) is 6.96. The summed E-state index contributed by atoms with van der Waals surface area (Å²) in [4.78, 5) is 13.7. The molecular formula is C28H50NO4P. The third-order valence-corrected chi connectivity index (χ3v) is 8.02. The van der Waals surface area contributed by atoms with Gasteiger partial charge >= 0.3 is 0 Å². The first-order valence-corrected chi connectivity index (χ1v) is 15.6. The van der Waals surface area contributed by atoms with E-state index in [-0.39, 0.29) is 12.7 Å². The van der Waals surface area contributed by atoms with Crippen molar-refractivity contribution in [1.29, 1.82) is 0 Å². The van der Waals surface area contributed by atoms with Gasteiger partial charge in [0.05, 0.1) is 25.8 Å². The van der Waals surface area contributed by atoms with Gasteiger partial charge in [-0.1, -0.05) is 121 Å². The number of quaternary nitrogens is 1. The number of phosphoric ester groups is 1. The average molecular weight is 496 g/mol. The Bertz CT molecular complexity index is 649. The van der Waals surface area contributed by atoms with Crippen LogP contribution in [0.15, 0.2) is 30.3 Å². The first-order valence-electron chi connectivity index (χ1n) is 14.1. The molecule has 5 nitrogen and oxygen atoms in total. The minimum atomic E-state index is -4.19. The average Bonchev–Trinajstić information content (AvgIpc) is 2.83. The van der Waals surface area contributed by atoms with Crippen molar-refractivity contribution in [3.05, 3.63) is 35.9 Å². The second kappa shape index (κ2) is 18.5. The highest BCUT2D eigenvalue weighted by Crippen LogP contribution is 2.41. The molecule has 1 saturated heterocycles. The minimum absolute atomic E-state index is 0.237. The number of unbranched alkanes of at least 4 members (excludes halogenated alkanes) is 13. The van der Waals surface area contributed by atoms with Gasteiger partial charge < -0.3 is 18.8 Å². The van der Waals surface area contributed by atoms with E-state index in [0.29, 0.717) is 0 Å². The lowest BCUT2D eigenvalue weighted by Crippen LogP contribution is -3.12. The van der Waals surface area contributed by atoms with E-state index in [2.05, 4.69) is 31.2 Å². The summed E-state index contributed by atoms with van der Waals surface area (Å²) in [7, 11) is -4.19. The fraction of sp³-hybridized carbons (Fsp3) is 0.786. The Labute approximate surface area is 209 Å². The Kier molecular flexibility index (Phi) is 16.1. The largest absolute Gasteiger partial charge is 0.756 e. The van der Waals surface area contributed by atoms with E-state index in [9.17, 15) is 9.46 Å². The summed E-state index contributed by atoms with van der Waals surface area (Å²) in [6.07, 6.45) is 19.2. The molecule has 34 heavy (non-hydrogen) atoms. The van der Waals surface area contributed by atoms with Crippen LogP contribution in [0.25, 0.3) is 0 Å². The van der Waals surface area contributed by atoms with E-state index >= 15 is 0 Å². The van der Waals surface area contributed by atoms with E-state index in [1.165, 1.54) is 81.1 Å². The second-order valence-electron chi connectivity index (χ2n) is 10.1. The molecule has 1 unspecified atom stereocenters. The molecule has 1 atom stereocenters.